The van der Waals surface area contributed by atoms with Gasteiger partial charge in [0.2, 0.25) is 0 Å². The zero-order chi connectivity index (χ0) is 56.9. The molecule has 410 valence electrons. The molecule has 1 fully saturated rings. The molecule has 9 aromatic rings. The third-order valence-electron chi connectivity index (χ3n) is 20.8. The summed E-state index contributed by atoms with van der Waals surface area (Å²) < 4.78 is 0. The average Bonchev–Trinajstić information content (AvgIpc) is 2.50. The number of benzene rings is 9. The van der Waals surface area contributed by atoms with Crippen LogP contribution in [0, 0.1) is 0 Å². The highest BCUT2D eigenvalue weighted by molar-refractivity contribution is 7.00. The third-order valence-corrected chi connectivity index (χ3v) is 22.8. The van der Waals surface area contributed by atoms with Crippen molar-refractivity contribution in [3.8, 4) is 33.4 Å². The number of anilines is 8. The van der Waals surface area contributed by atoms with E-state index in [0.717, 1.165) is 24.9 Å². The van der Waals surface area contributed by atoms with Crippen molar-refractivity contribution in [1.82, 2.24) is 0 Å². The second-order valence-electron chi connectivity index (χ2n) is 28.8. The van der Waals surface area contributed by atoms with Crippen molar-refractivity contribution in [3.63, 3.8) is 0 Å². The number of fused-ring (bicyclic) bond motifs is 8. The number of hydrogen-bond acceptors (Lipinski definition) is 3. The first-order valence-electron chi connectivity index (χ1n) is 30.6. The summed E-state index contributed by atoms with van der Waals surface area (Å²) in [5.41, 5.74) is 27.1. The van der Waals surface area contributed by atoms with E-state index in [4.69, 9.17) is 0 Å². The molecule has 0 aromatic heterocycles. The van der Waals surface area contributed by atoms with Crippen molar-refractivity contribution in [3.05, 3.63) is 216 Å². The Morgan fingerprint density at radius 1 is 0.415 bits per heavy atom. The summed E-state index contributed by atoms with van der Waals surface area (Å²) in [5, 5.41) is 1.55. The van der Waals surface area contributed by atoms with Gasteiger partial charge in [0.05, 0.1) is 19.3 Å². The molecule has 5 aliphatic rings. The molecule has 2 aliphatic carbocycles. The quantitative estimate of drug-likeness (QED) is 0.147. The lowest BCUT2D eigenvalue weighted by Gasteiger charge is -2.51. The summed E-state index contributed by atoms with van der Waals surface area (Å²) in [6.45, 7) is 29.8. The van der Waals surface area contributed by atoms with Crippen LogP contribution in [0.3, 0.4) is 0 Å². The van der Waals surface area contributed by atoms with Crippen LogP contribution in [0.25, 0.3) is 33.4 Å². The first-order chi connectivity index (χ1) is 39.1. The Balaban J connectivity index is 1.14. The fraction of sp³-hybridized carbons (Fsp3) is 0.299. The van der Waals surface area contributed by atoms with E-state index in [2.05, 4.69) is 291 Å². The van der Waals surface area contributed by atoms with E-state index in [1.807, 2.05) is 0 Å². The summed E-state index contributed by atoms with van der Waals surface area (Å²) in [4.78, 5) is 8.27. The van der Waals surface area contributed by atoms with Gasteiger partial charge in [0.15, 0.2) is 0 Å². The maximum absolute atomic E-state index is 2.86. The Morgan fingerprint density at radius 2 is 0.951 bits per heavy atom. The topological polar surface area (TPSA) is 9.72 Å². The summed E-state index contributed by atoms with van der Waals surface area (Å²) in [7, 11) is -1.65. The Morgan fingerprint density at radius 3 is 1.59 bits per heavy atom. The van der Waals surface area contributed by atoms with Gasteiger partial charge in [-0.2, -0.15) is 0 Å². The minimum absolute atomic E-state index is 0.00225. The van der Waals surface area contributed by atoms with Crippen molar-refractivity contribution < 1.29 is 0 Å². The Hall–Kier alpha value is -7.34. The van der Waals surface area contributed by atoms with Gasteiger partial charge in [0.25, 0.3) is 6.71 Å². The Bertz CT molecular complexity index is 4000. The first-order valence-corrected chi connectivity index (χ1v) is 34.1. The Kier molecular flexibility index (Phi) is 11.9. The van der Waals surface area contributed by atoms with Crippen LogP contribution in [0.15, 0.2) is 194 Å². The Labute approximate surface area is 491 Å². The fourth-order valence-corrected chi connectivity index (χ4v) is 16.8. The maximum atomic E-state index is 2.86. The van der Waals surface area contributed by atoms with Crippen LogP contribution in [0.2, 0.25) is 19.6 Å². The van der Waals surface area contributed by atoms with Crippen LogP contribution < -0.4 is 36.3 Å². The molecule has 0 radical (unpaired) electrons. The molecule has 2 atom stereocenters. The van der Waals surface area contributed by atoms with Gasteiger partial charge in [-0.3, -0.25) is 0 Å². The SMILES string of the molecule is CC(C)(C)c1ccc(N2c3cc4c(cc3B3c5cc(-c6ccccc6)ccc5N(c5ccc(-c6ccccc6)cc5)c5cc(N6c7ccc([Si](C)(C)C)cc7C7(C)CCCCC67C)cc2c53)C(C)(C)CCC4(C)C)c(-c2ccccc2)c1. The van der Waals surface area contributed by atoms with Crippen molar-refractivity contribution in [1.29, 1.82) is 0 Å². The minimum Gasteiger partial charge on any atom is -0.334 e. The zero-order valence-electron chi connectivity index (χ0n) is 50.6. The highest BCUT2D eigenvalue weighted by Crippen LogP contribution is 2.62. The zero-order valence-corrected chi connectivity index (χ0v) is 51.6. The van der Waals surface area contributed by atoms with Crippen LogP contribution in [-0.2, 0) is 21.7 Å². The van der Waals surface area contributed by atoms with E-state index < -0.39 is 8.07 Å². The lowest BCUT2D eigenvalue weighted by molar-refractivity contribution is 0.195. The fourth-order valence-electron chi connectivity index (χ4n) is 15.6. The van der Waals surface area contributed by atoms with Crippen molar-refractivity contribution in [2.45, 2.75) is 148 Å². The molecule has 3 aliphatic heterocycles. The minimum atomic E-state index is -1.65. The van der Waals surface area contributed by atoms with Crippen LogP contribution >= 0.6 is 0 Å². The third kappa shape index (κ3) is 8.10. The normalized spacial score (nSPS) is 20.1. The van der Waals surface area contributed by atoms with Gasteiger partial charge in [-0.15, -0.1) is 0 Å². The smallest absolute Gasteiger partial charge is 0.252 e. The molecule has 0 bridgehead atoms. The molecule has 5 heteroatoms. The van der Waals surface area contributed by atoms with E-state index >= 15 is 0 Å². The standard InChI is InChI=1S/C77H80BN3Si/c1-73(2,3)56-33-38-66(60(45-56)54-28-20-15-21-29-54)80-69-50-62-61(74(4,5)42-43-75(62,6)7)49-65(69)78-64-44-55(52-26-18-14-19-27-52)32-37-68(64)79(57-34-30-53(31-35-57)51-24-16-13-17-25-51)70-46-58(47-71(80)72(70)78)81-67-39-36-59(82(10,11)12)48-63(67)76(8)40-22-23-41-77(76,81)9/h13-21,24-39,44-50H,22-23,40-43H2,1-12H3. The second kappa shape index (κ2) is 18.6. The number of nitrogens with zero attached hydrogens (tertiary/aromatic N) is 3. The van der Waals surface area contributed by atoms with Crippen LogP contribution in [-0.4, -0.2) is 20.3 Å². The highest BCUT2D eigenvalue weighted by Gasteiger charge is 2.58. The van der Waals surface area contributed by atoms with E-state index in [0.29, 0.717) is 0 Å². The van der Waals surface area contributed by atoms with Gasteiger partial charge in [-0.25, -0.2) is 0 Å². The second-order valence-corrected chi connectivity index (χ2v) is 33.8. The molecule has 3 heterocycles. The van der Waals surface area contributed by atoms with Crippen LogP contribution in [0.5, 0.6) is 0 Å². The first kappa shape index (κ1) is 52.7. The van der Waals surface area contributed by atoms with Crippen LogP contribution in [0.4, 0.5) is 45.5 Å². The summed E-state index contributed by atoms with van der Waals surface area (Å²) in [6.07, 6.45) is 7.05. The van der Waals surface area contributed by atoms with E-state index in [1.165, 1.54) is 131 Å². The molecule has 0 N–H and O–H groups in total. The van der Waals surface area contributed by atoms with Crippen molar-refractivity contribution in [2.24, 2.45) is 0 Å². The van der Waals surface area contributed by atoms with Crippen molar-refractivity contribution >= 4 is 81.9 Å². The van der Waals surface area contributed by atoms with Crippen LogP contribution in [0.1, 0.15) is 123 Å². The monoisotopic (exact) mass is 1090 g/mol. The molecule has 0 spiro atoms. The van der Waals surface area contributed by atoms with Crippen molar-refractivity contribution in [2.75, 3.05) is 14.7 Å². The lowest BCUT2D eigenvalue weighted by atomic mass is 9.33. The van der Waals surface area contributed by atoms with Gasteiger partial charge in [0.1, 0.15) is 0 Å². The molecular weight excluding hydrogens is 1010 g/mol. The molecule has 2 unspecified atom stereocenters. The van der Waals surface area contributed by atoms with E-state index in [9.17, 15) is 0 Å². The number of hydrogen-bond donors (Lipinski definition) is 0. The summed E-state index contributed by atoms with van der Waals surface area (Å²) in [5.74, 6) is 0. The van der Waals surface area contributed by atoms with Gasteiger partial charge >= 0.3 is 0 Å². The molecule has 9 aromatic carbocycles. The van der Waals surface area contributed by atoms with Gasteiger partial charge < -0.3 is 14.7 Å². The molecule has 0 amide bonds. The van der Waals surface area contributed by atoms with Gasteiger partial charge in [0, 0.05) is 50.8 Å². The average molecular weight is 1090 g/mol. The van der Waals surface area contributed by atoms with Gasteiger partial charge in [-0.05, 0) is 170 Å². The lowest BCUT2D eigenvalue weighted by Crippen LogP contribution is -2.62. The maximum Gasteiger partial charge on any atom is 0.252 e. The molecule has 0 saturated heterocycles. The summed E-state index contributed by atoms with van der Waals surface area (Å²) in [6, 6.07) is 75.8. The largest absolute Gasteiger partial charge is 0.334 e. The number of rotatable bonds is 7. The summed E-state index contributed by atoms with van der Waals surface area (Å²) >= 11 is 0. The highest BCUT2D eigenvalue weighted by atomic mass is 28.3. The molecule has 3 nitrogen and oxygen atoms in total. The molecule has 1 saturated carbocycles. The molecule has 82 heavy (non-hydrogen) atoms. The molecule has 14 rings (SSSR count). The van der Waals surface area contributed by atoms with E-state index in [1.54, 1.807) is 5.19 Å². The van der Waals surface area contributed by atoms with Gasteiger partial charge in [-0.1, -0.05) is 233 Å². The molecular formula is C77H80BN3Si. The predicted molar refractivity (Wildman–Crippen MR) is 357 cm³/mol. The predicted octanol–water partition coefficient (Wildman–Crippen LogP) is 18.7. The van der Waals surface area contributed by atoms with E-state index in [-0.39, 0.29) is 33.9 Å².